The van der Waals surface area contributed by atoms with E-state index in [4.69, 9.17) is 0 Å². The molecule has 0 bridgehead atoms. The van der Waals surface area contributed by atoms with Crippen molar-refractivity contribution in [1.29, 1.82) is 0 Å². The molecule has 20 heavy (non-hydrogen) atoms. The molecule has 108 valence electrons. The first-order chi connectivity index (χ1) is 9.49. The van der Waals surface area contributed by atoms with Gasteiger partial charge in [0.05, 0.1) is 16.7 Å². The Balaban J connectivity index is 2.03. The average Bonchev–Trinajstić information content (AvgIpc) is 2.99. The van der Waals surface area contributed by atoms with Crippen LogP contribution in [0.3, 0.4) is 0 Å². The fourth-order valence-corrected chi connectivity index (χ4v) is 3.62. The van der Waals surface area contributed by atoms with Crippen molar-refractivity contribution in [2.75, 3.05) is 20.6 Å². The van der Waals surface area contributed by atoms with Crippen LogP contribution in [-0.4, -0.2) is 36.4 Å². The normalized spacial score (nSPS) is 12.7. The van der Waals surface area contributed by atoms with Crippen molar-refractivity contribution in [1.82, 2.24) is 15.2 Å². The Hall–Kier alpha value is -1.24. The van der Waals surface area contributed by atoms with Crippen molar-refractivity contribution in [2.45, 2.75) is 19.9 Å². The lowest BCUT2D eigenvalue weighted by Gasteiger charge is -2.23. The lowest BCUT2D eigenvalue weighted by Crippen LogP contribution is -2.34. The molecule has 0 saturated heterocycles. The van der Waals surface area contributed by atoms with Crippen molar-refractivity contribution in [3.8, 4) is 0 Å². The van der Waals surface area contributed by atoms with E-state index in [0.29, 0.717) is 11.4 Å². The number of hydrogen-bond donors (Lipinski definition) is 1. The maximum absolute atomic E-state index is 12.2. The fourth-order valence-electron chi connectivity index (χ4n) is 2.07. The van der Waals surface area contributed by atoms with Crippen LogP contribution in [0.1, 0.15) is 32.0 Å². The SMILES string of the molecule is Cc1nc(C)c(C(=O)NCC(c2ccsc2)N(C)C)s1. The Kier molecular flexibility index (Phi) is 4.91. The van der Waals surface area contributed by atoms with Crippen LogP contribution in [0.15, 0.2) is 16.8 Å². The van der Waals surface area contributed by atoms with Crippen LogP contribution < -0.4 is 5.32 Å². The maximum Gasteiger partial charge on any atom is 0.263 e. The molecule has 0 aliphatic rings. The summed E-state index contributed by atoms with van der Waals surface area (Å²) in [7, 11) is 4.05. The van der Waals surface area contributed by atoms with Gasteiger partial charge in [-0.3, -0.25) is 4.79 Å². The highest BCUT2D eigenvalue weighted by Gasteiger charge is 2.18. The molecule has 1 N–H and O–H groups in total. The summed E-state index contributed by atoms with van der Waals surface area (Å²) in [4.78, 5) is 19.3. The summed E-state index contributed by atoms with van der Waals surface area (Å²) in [6.45, 7) is 4.39. The number of hydrogen-bond acceptors (Lipinski definition) is 5. The number of amides is 1. The van der Waals surface area contributed by atoms with Crippen molar-refractivity contribution in [2.24, 2.45) is 0 Å². The molecule has 2 rings (SSSR count). The van der Waals surface area contributed by atoms with Gasteiger partial charge < -0.3 is 10.2 Å². The number of thiophene rings is 1. The van der Waals surface area contributed by atoms with Crippen LogP contribution >= 0.6 is 22.7 Å². The van der Waals surface area contributed by atoms with E-state index in [1.165, 1.54) is 16.9 Å². The number of carbonyl (C=O) groups excluding carboxylic acids is 1. The molecule has 0 fully saturated rings. The Morgan fingerprint density at radius 1 is 1.45 bits per heavy atom. The van der Waals surface area contributed by atoms with Gasteiger partial charge in [-0.2, -0.15) is 11.3 Å². The van der Waals surface area contributed by atoms with Gasteiger partial charge in [0.2, 0.25) is 0 Å². The molecule has 0 radical (unpaired) electrons. The topological polar surface area (TPSA) is 45.2 Å². The second-order valence-electron chi connectivity index (χ2n) is 4.89. The van der Waals surface area contributed by atoms with E-state index >= 15 is 0 Å². The van der Waals surface area contributed by atoms with Gasteiger partial charge in [-0.15, -0.1) is 11.3 Å². The third kappa shape index (κ3) is 3.45. The number of aromatic nitrogens is 1. The highest BCUT2D eigenvalue weighted by atomic mass is 32.1. The largest absolute Gasteiger partial charge is 0.349 e. The van der Waals surface area contributed by atoms with Gasteiger partial charge in [-0.25, -0.2) is 4.98 Å². The number of rotatable bonds is 5. The summed E-state index contributed by atoms with van der Waals surface area (Å²) in [5.41, 5.74) is 2.04. The minimum absolute atomic E-state index is 0.0322. The van der Waals surface area contributed by atoms with Crippen molar-refractivity contribution in [3.05, 3.63) is 38.0 Å². The van der Waals surface area contributed by atoms with Gasteiger partial charge in [0.1, 0.15) is 4.88 Å². The van der Waals surface area contributed by atoms with E-state index in [0.717, 1.165) is 10.7 Å². The summed E-state index contributed by atoms with van der Waals surface area (Å²) in [6, 6.07) is 2.29. The molecule has 0 aliphatic carbocycles. The summed E-state index contributed by atoms with van der Waals surface area (Å²) in [5.74, 6) is -0.0322. The lowest BCUT2D eigenvalue weighted by atomic mass is 10.1. The van der Waals surface area contributed by atoms with Gasteiger partial charge in [-0.1, -0.05) is 0 Å². The first-order valence-corrected chi connectivity index (χ1v) is 8.15. The van der Waals surface area contributed by atoms with Crippen LogP contribution in [-0.2, 0) is 0 Å². The van der Waals surface area contributed by atoms with E-state index in [2.05, 4.69) is 32.0 Å². The molecule has 6 heteroatoms. The van der Waals surface area contributed by atoms with Crippen LogP contribution in [0, 0.1) is 13.8 Å². The number of nitrogens with zero attached hydrogens (tertiary/aromatic N) is 2. The van der Waals surface area contributed by atoms with Gasteiger partial charge in [-0.05, 0) is 50.3 Å². The summed E-state index contributed by atoms with van der Waals surface area (Å²) in [5, 5.41) is 8.13. The lowest BCUT2D eigenvalue weighted by molar-refractivity contribution is 0.0945. The van der Waals surface area contributed by atoms with E-state index < -0.39 is 0 Å². The quantitative estimate of drug-likeness (QED) is 0.924. The van der Waals surface area contributed by atoms with Crippen LogP contribution in [0.5, 0.6) is 0 Å². The predicted octanol–water partition coefficient (Wildman–Crippen LogP) is 2.85. The highest BCUT2D eigenvalue weighted by molar-refractivity contribution is 7.13. The van der Waals surface area contributed by atoms with Crippen molar-refractivity contribution >= 4 is 28.6 Å². The Labute approximate surface area is 127 Å². The zero-order valence-corrected chi connectivity index (χ0v) is 13.8. The molecule has 1 atom stereocenters. The van der Waals surface area contributed by atoms with Gasteiger partial charge in [0, 0.05) is 6.54 Å². The molecule has 1 unspecified atom stereocenters. The van der Waals surface area contributed by atoms with E-state index in [-0.39, 0.29) is 11.9 Å². The smallest absolute Gasteiger partial charge is 0.263 e. The number of aryl methyl sites for hydroxylation is 2. The molecule has 1 amide bonds. The number of thiazole rings is 1. The maximum atomic E-state index is 12.2. The second-order valence-corrected chi connectivity index (χ2v) is 6.88. The van der Waals surface area contributed by atoms with Gasteiger partial charge >= 0.3 is 0 Å². The Morgan fingerprint density at radius 3 is 2.70 bits per heavy atom. The molecule has 4 nitrogen and oxygen atoms in total. The van der Waals surface area contributed by atoms with E-state index in [9.17, 15) is 4.79 Å². The first kappa shape index (κ1) is 15.2. The van der Waals surface area contributed by atoms with Crippen molar-refractivity contribution in [3.63, 3.8) is 0 Å². The zero-order valence-electron chi connectivity index (χ0n) is 12.1. The summed E-state index contributed by atoms with van der Waals surface area (Å²) in [6.07, 6.45) is 0. The van der Waals surface area contributed by atoms with Crippen molar-refractivity contribution < 1.29 is 4.79 Å². The van der Waals surface area contributed by atoms with Gasteiger partial charge in [0.15, 0.2) is 0 Å². The monoisotopic (exact) mass is 309 g/mol. The summed E-state index contributed by atoms with van der Waals surface area (Å²) < 4.78 is 0. The molecular formula is C14H19N3OS2. The number of carbonyl (C=O) groups is 1. The predicted molar refractivity (Wildman–Crippen MR) is 84.7 cm³/mol. The summed E-state index contributed by atoms with van der Waals surface area (Å²) >= 11 is 3.12. The van der Waals surface area contributed by atoms with Gasteiger partial charge in [0.25, 0.3) is 5.91 Å². The fraction of sp³-hybridized carbons (Fsp3) is 0.429. The molecule has 0 spiro atoms. The molecule has 2 heterocycles. The van der Waals surface area contributed by atoms with E-state index in [1.54, 1.807) is 11.3 Å². The number of likely N-dealkylation sites (N-methyl/N-ethyl adjacent to an activating group) is 1. The zero-order chi connectivity index (χ0) is 14.7. The molecule has 0 saturated carbocycles. The average molecular weight is 309 g/mol. The molecule has 2 aromatic rings. The minimum Gasteiger partial charge on any atom is -0.349 e. The standard InChI is InChI=1S/C14H19N3OS2/c1-9-13(20-10(2)16-9)14(18)15-7-12(17(3)4)11-5-6-19-8-11/h5-6,8,12H,7H2,1-4H3,(H,15,18). The number of nitrogens with one attached hydrogen (secondary N) is 1. The minimum atomic E-state index is -0.0322. The molecule has 0 aliphatic heterocycles. The van der Waals surface area contributed by atoms with Crippen LogP contribution in [0.2, 0.25) is 0 Å². The third-order valence-corrected chi connectivity index (χ3v) is 4.89. The second kappa shape index (κ2) is 6.47. The molecule has 2 aromatic heterocycles. The first-order valence-electron chi connectivity index (χ1n) is 6.39. The highest BCUT2D eigenvalue weighted by Crippen LogP contribution is 2.21. The molecular weight excluding hydrogens is 290 g/mol. The van der Waals surface area contributed by atoms with Crippen LogP contribution in [0.25, 0.3) is 0 Å². The Bertz CT molecular complexity index is 575. The van der Waals surface area contributed by atoms with Crippen LogP contribution in [0.4, 0.5) is 0 Å². The van der Waals surface area contributed by atoms with E-state index in [1.807, 2.05) is 27.9 Å². The third-order valence-electron chi connectivity index (χ3n) is 3.12. The Morgan fingerprint density at radius 2 is 2.20 bits per heavy atom. The molecule has 0 aromatic carbocycles.